The molecule has 0 fully saturated rings. The van der Waals surface area contributed by atoms with Crippen LogP contribution in [-0.2, 0) is 0 Å². The third kappa shape index (κ3) is 4.56. The topological polar surface area (TPSA) is 53.7 Å². The Labute approximate surface area is 105 Å². The summed E-state index contributed by atoms with van der Waals surface area (Å²) in [5.41, 5.74) is 0. The average molecular weight is 293 g/mol. The Kier molecular flexibility index (Phi) is 4.15. The number of nitrogens with one attached hydrogen (secondary N) is 2. The van der Waals surface area contributed by atoms with Crippen LogP contribution in [0.1, 0.15) is 0 Å². The molecule has 0 saturated carbocycles. The molecule has 0 amide bonds. The van der Waals surface area contributed by atoms with Crippen LogP contribution >= 0.6 is 59.2 Å². The third-order valence-corrected chi connectivity index (χ3v) is 1.74. The van der Waals surface area contributed by atoms with Crippen molar-refractivity contribution in [2.45, 2.75) is 3.79 Å². The van der Waals surface area contributed by atoms with Gasteiger partial charge in [-0.2, -0.15) is 4.98 Å². The standard InChI is InChI=1S/C5H4Cl3N3OS2/c6-5(7,8)1-12-2-9-3(13)11-4(14)10-2/h1H2,(H2,9,10,11,13,14). The molecule has 0 bridgehead atoms. The van der Waals surface area contributed by atoms with E-state index >= 15 is 0 Å². The molecule has 2 N–H and O–H groups in total. The highest BCUT2D eigenvalue weighted by Gasteiger charge is 2.20. The smallest absolute Gasteiger partial charge is 0.298 e. The molecule has 0 aliphatic rings. The van der Waals surface area contributed by atoms with Crippen LogP contribution in [-0.4, -0.2) is 25.4 Å². The molecular formula is C5H4Cl3N3OS2. The Hall–Kier alpha value is 0.120. The van der Waals surface area contributed by atoms with Gasteiger partial charge in [-0.3, -0.25) is 4.98 Å². The van der Waals surface area contributed by atoms with Crippen LogP contribution in [0.25, 0.3) is 0 Å². The fraction of sp³-hybridized carbons (Fsp3) is 0.400. The van der Waals surface area contributed by atoms with Gasteiger partial charge in [-0.05, 0) is 24.4 Å². The van der Waals surface area contributed by atoms with Gasteiger partial charge in [-0.1, -0.05) is 34.8 Å². The molecule has 1 rings (SSSR count). The van der Waals surface area contributed by atoms with Crippen LogP contribution in [0.15, 0.2) is 0 Å². The minimum absolute atomic E-state index is 0.116. The first-order chi connectivity index (χ1) is 6.37. The maximum Gasteiger partial charge on any atom is 0.298 e. The molecule has 1 aromatic rings. The summed E-state index contributed by atoms with van der Waals surface area (Å²) in [6.07, 6.45) is 0. The molecule has 78 valence electrons. The molecule has 0 unspecified atom stereocenters. The predicted molar refractivity (Wildman–Crippen MR) is 60.4 cm³/mol. The van der Waals surface area contributed by atoms with Crippen molar-refractivity contribution < 1.29 is 4.74 Å². The molecule has 0 aliphatic heterocycles. The van der Waals surface area contributed by atoms with Crippen molar-refractivity contribution in [1.29, 1.82) is 0 Å². The van der Waals surface area contributed by atoms with Crippen LogP contribution in [0.5, 0.6) is 6.01 Å². The molecule has 0 spiro atoms. The van der Waals surface area contributed by atoms with Gasteiger partial charge in [0.1, 0.15) is 6.61 Å². The van der Waals surface area contributed by atoms with Gasteiger partial charge in [-0.25, -0.2) is 0 Å². The van der Waals surface area contributed by atoms with Gasteiger partial charge in [0.2, 0.25) is 8.56 Å². The van der Waals surface area contributed by atoms with Crippen molar-refractivity contribution in [3.05, 3.63) is 9.54 Å². The van der Waals surface area contributed by atoms with E-state index in [1.807, 2.05) is 0 Å². The minimum Gasteiger partial charge on any atom is -0.460 e. The lowest BCUT2D eigenvalue weighted by Gasteiger charge is -2.10. The number of rotatable bonds is 2. The normalized spacial score (nSPS) is 11.4. The summed E-state index contributed by atoms with van der Waals surface area (Å²) in [5, 5.41) is 0. The fourth-order valence-corrected chi connectivity index (χ4v) is 1.19. The maximum absolute atomic E-state index is 5.47. The zero-order valence-corrected chi connectivity index (χ0v) is 10.4. The molecule has 0 aromatic carbocycles. The molecule has 1 heterocycles. The average Bonchev–Trinajstić information content (AvgIpc) is 1.97. The quantitative estimate of drug-likeness (QED) is 0.650. The van der Waals surface area contributed by atoms with E-state index in [2.05, 4.69) is 15.0 Å². The van der Waals surface area contributed by atoms with Crippen molar-refractivity contribution in [3.8, 4) is 6.01 Å². The molecule has 0 saturated heterocycles. The zero-order valence-electron chi connectivity index (χ0n) is 6.51. The Bertz CT molecular complexity index is 395. The summed E-state index contributed by atoms with van der Waals surface area (Å²) < 4.78 is 4.01. The van der Waals surface area contributed by atoms with E-state index in [4.69, 9.17) is 64.0 Å². The maximum atomic E-state index is 5.47. The molecule has 14 heavy (non-hydrogen) atoms. The molecule has 0 aliphatic carbocycles. The first-order valence-corrected chi connectivity index (χ1v) is 5.22. The van der Waals surface area contributed by atoms with Crippen LogP contribution < -0.4 is 4.74 Å². The van der Waals surface area contributed by atoms with Crippen LogP contribution in [0.4, 0.5) is 0 Å². The minimum atomic E-state index is -1.50. The molecular weight excluding hydrogens is 289 g/mol. The molecule has 4 nitrogen and oxygen atoms in total. The van der Waals surface area contributed by atoms with Crippen molar-refractivity contribution in [2.75, 3.05) is 6.61 Å². The highest BCUT2D eigenvalue weighted by molar-refractivity contribution is 7.71. The van der Waals surface area contributed by atoms with E-state index in [1.165, 1.54) is 0 Å². The number of aromatic nitrogens is 3. The van der Waals surface area contributed by atoms with Crippen molar-refractivity contribution in [3.63, 3.8) is 0 Å². The second-order valence-corrected chi connectivity index (χ2v) is 5.52. The lowest BCUT2D eigenvalue weighted by atomic mass is 10.8. The van der Waals surface area contributed by atoms with Gasteiger partial charge in [-0.15, -0.1) is 0 Å². The Balaban J connectivity index is 2.78. The summed E-state index contributed by atoms with van der Waals surface area (Å²) in [6, 6.07) is 0.116. The number of H-pyrrole nitrogens is 2. The van der Waals surface area contributed by atoms with Gasteiger partial charge >= 0.3 is 0 Å². The number of hydrogen-bond acceptors (Lipinski definition) is 4. The first-order valence-electron chi connectivity index (χ1n) is 3.27. The van der Waals surface area contributed by atoms with Crippen molar-refractivity contribution >= 4 is 59.2 Å². The lowest BCUT2D eigenvalue weighted by Crippen LogP contribution is -2.16. The Morgan fingerprint density at radius 2 is 1.93 bits per heavy atom. The highest BCUT2D eigenvalue weighted by Crippen LogP contribution is 2.25. The Morgan fingerprint density at radius 1 is 1.29 bits per heavy atom. The lowest BCUT2D eigenvalue weighted by molar-refractivity contribution is 0.297. The number of ether oxygens (including phenoxy) is 1. The summed E-state index contributed by atoms with van der Waals surface area (Å²) in [5.74, 6) is 0. The monoisotopic (exact) mass is 291 g/mol. The SMILES string of the molecule is S=c1nc(OCC(Cl)(Cl)Cl)[nH]c(=S)[nH]1. The van der Waals surface area contributed by atoms with Gasteiger partial charge in [0.05, 0.1) is 0 Å². The van der Waals surface area contributed by atoms with E-state index < -0.39 is 3.79 Å². The number of hydrogen-bond donors (Lipinski definition) is 2. The van der Waals surface area contributed by atoms with E-state index in [9.17, 15) is 0 Å². The third-order valence-electron chi connectivity index (χ3n) is 1.02. The van der Waals surface area contributed by atoms with Crippen molar-refractivity contribution in [2.24, 2.45) is 0 Å². The summed E-state index contributed by atoms with van der Waals surface area (Å²) in [7, 11) is 0. The number of aromatic amines is 2. The molecule has 1 aromatic heterocycles. The predicted octanol–water partition coefficient (Wildman–Crippen LogP) is 2.95. The largest absolute Gasteiger partial charge is 0.460 e. The van der Waals surface area contributed by atoms with Gasteiger partial charge < -0.3 is 9.72 Å². The van der Waals surface area contributed by atoms with E-state index in [0.29, 0.717) is 4.77 Å². The van der Waals surface area contributed by atoms with E-state index in [1.54, 1.807) is 0 Å². The Morgan fingerprint density at radius 3 is 2.43 bits per heavy atom. The second kappa shape index (κ2) is 4.76. The fourth-order valence-electron chi connectivity index (χ4n) is 0.592. The first kappa shape index (κ1) is 12.2. The van der Waals surface area contributed by atoms with Crippen LogP contribution in [0.2, 0.25) is 0 Å². The highest BCUT2D eigenvalue weighted by atomic mass is 35.6. The zero-order chi connectivity index (χ0) is 10.8. The van der Waals surface area contributed by atoms with Crippen LogP contribution in [0.3, 0.4) is 0 Å². The van der Waals surface area contributed by atoms with Gasteiger partial charge in [0.15, 0.2) is 4.77 Å². The van der Waals surface area contributed by atoms with E-state index in [0.717, 1.165) is 0 Å². The molecule has 9 heteroatoms. The molecule has 0 atom stereocenters. The van der Waals surface area contributed by atoms with Gasteiger partial charge in [0.25, 0.3) is 6.01 Å². The second-order valence-electron chi connectivity index (χ2n) is 2.21. The number of nitrogens with zero attached hydrogens (tertiary/aromatic N) is 1. The molecule has 0 radical (unpaired) electrons. The van der Waals surface area contributed by atoms with E-state index in [-0.39, 0.29) is 17.4 Å². The summed E-state index contributed by atoms with van der Waals surface area (Å²) in [6.45, 7) is -0.144. The number of halogens is 3. The van der Waals surface area contributed by atoms with Gasteiger partial charge in [0, 0.05) is 0 Å². The number of alkyl halides is 3. The summed E-state index contributed by atoms with van der Waals surface area (Å²) in [4.78, 5) is 8.97. The van der Waals surface area contributed by atoms with Crippen LogP contribution in [0, 0.1) is 9.54 Å². The summed E-state index contributed by atoms with van der Waals surface area (Å²) >= 11 is 26.0. The van der Waals surface area contributed by atoms with Crippen molar-refractivity contribution in [1.82, 2.24) is 15.0 Å².